The third kappa shape index (κ3) is 3.13. The van der Waals surface area contributed by atoms with Crippen LogP contribution >= 0.6 is 39.1 Å². The van der Waals surface area contributed by atoms with Gasteiger partial charge < -0.3 is 4.74 Å². The van der Waals surface area contributed by atoms with Crippen LogP contribution in [-0.2, 0) is 0 Å². The first-order chi connectivity index (χ1) is 9.43. The van der Waals surface area contributed by atoms with Crippen molar-refractivity contribution >= 4 is 39.1 Å². The molecule has 1 unspecified atom stereocenters. The predicted octanol–water partition coefficient (Wildman–Crippen LogP) is 6.06. The lowest BCUT2D eigenvalue weighted by molar-refractivity contribution is 0.408. The second-order valence-corrected chi connectivity index (χ2v) is 6.44. The summed E-state index contributed by atoms with van der Waals surface area (Å²) in [6.45, 7) is 4.05. The first kappa shape index (κ1) is 15.7. The Morgan fingerprint density at radius 3 is 2.20 bits per heavy atom. The lowest BCUT2D eigenvalue weighted by Gasteiger charge is -2.16. The highest BCUT2D eigenvalue weighted by molar-refractivity contribution is 9.10. The number of halogens is 3. The highest BCUT2D eigenvalue weighted by Crippen LogP contribution is 2.37. The van der Waals surface area contributed by atoms with Gasteiger partial charge in [-0.3, -0.25) is 0 Å². The van der Waals surface area contributed by atoms with Crippen molar-refractivity contribution in [3.63, 3.8) is 0 Å². The lowest BCUT2D eigenvalue weighted by atomic mass is 9.99. The van der Waals surface area contributed by atoms with E-state index in [9.17, 15) is 0 Å². The quantitative estimate of drug-likeness (QED) is 0.594. The van der Waals surface area contributed by atoms with Gasteiger partial charge in [0.15, 0.2) is 0 Å². The Bertz CT molecular complexity index is 617. The minimum absolute atomic E-state index is 0.232. The number of hydrogen-bond acceptors (Lipinski definition) is 1. The van der Waals surface area contributed by atoms with Crippen molar-refractivity contribution in [2.24, 2.45) is 0 Å². The molecule has 0 N–H and O–H groups in total. The van der Waals surface area contributed by atoms with E-state index in [4.69, 9.17) is 27.9 Å². The van der Waals surface area contributed by atoms with Crippen LogP contribution in [0.15, 0.2) is 34.8 Å². The van der Waals surface area contributed by atoms with Gasteiger partial charge in [0.1, 0.15) is 5.75 Å². The molecule has 20 heavy (non-hydrogen) atoms. The number of alkyl halides is 1. The van der Waals surface area contributed by atoms with Gasteiger partial charge in [0, 0.05) is 9.50 Å². The normalized spacial score (nSPS) is 12.3. The van der Waals surface area contributed by atoms with Gasteiger partial charge >= 0.3 is 0 Å². The maximum absolute atomic E-state index is 6.61. The summed E-state index contributed by atoms with van der Waals surface area (Å²) in [5.41, 5.74) is 4.21. The molecular formula is C16H15BrCl2O. The van der Waals surface area contributed by atoms with E-state index in [-0.39, 0.29) is 5.38 Å². The van der Waals surface area contributed by atoms with E-state index in [1.807, 2.05) is 32.0 Å². The summed E-state index contributed by atoms with van der Waals surface area (Å²) in [6.07, 6.45) is 0. The number of benzene rings is 2. The zero-order chi connectivity index (χ0) is 14.9. The summed E-state index contributed by atoms with van der Waals surface area (Å²) in [4.78, 5) is 0. The lowest BCUT2D eigenvalue weighted by Crippen LogP contribution is -1.99. The summed E-state index contributed by atoms with van der Waals surface area (Å²) in [5.74, 6) is 0.910. The number of ether oxygens (including phenoxy) is 1. The van der Waals surface area contributed by atoms with Crippen molar-refractivity contribution in [1.82, 2.24) is 0 Å². The number of methoxy groups -OCH3 is 1. The minimum atomic E-state index is -0.232. The van der Waals surface area contributed by atoms with Crippen molar-refractivity contribution in [2.45, 2.75) is 19.2 Å². The van der Waals surface area contributed by atoms with Crippen molar-refractivity contribution in [3.8, 4) is 5.75 Å². The molecule has 0 aliphatic rings. The van der Waals surface area contributed by atoms with E-state index < -0.39 is 0 Å². The van der Waals surface area contributed by atoms with Crippen LogP contribution in [0.1, 0.15) is 27.6 Å². The third-order valence-corrected chi connectivity index (χ3v) is 4.62. The summed E-state index contributed by atoms with van der Waals surface area (Å²) in [6, 6.07) is 9.77. The summed E-state index contributed by atoms with van der Waals surface area (Å²) >= 11 is 16.1. The summed E-state index contributed by atoms with van der Waals surface area (Å²) in [5, 5.41) is 0.455. The largest absolute Gasteiger partial charge is 0.496 e. The molecule has 0 fully saturated rings. The van der Waals surface area contributed by atoms with Gasteiger partial charge in [-0.05, 0) is 48.2 Å². The molecule has 1 atom stereocenters. The molecule has 0 aromatic heterocycles. The van der Waals surface area contributed by atoms with Crippen LogP contribution in [0.5, 0.6) is 5.75 Å². The highest BCUT2D eigenvalue weighted by atomic mass is 79.9. The molecule has 0 aliphatic carbocycles. The van der Waals surface area contributed by atoms with Gasteiger partial charge in [-0.15, -0.1) is 11.6 Å². The van der Waals surface area contributed by atoms with E-state index in [0.717, 1.165) is 32.5 Å². The van der Waals surface area contributed by atoms with Crippen molar-refractivity contribution in [3.05, 3.63) is 62.1 Å². The molecule has 0 radical (unpaired) electrons. The van der Waals surface area contributed by atoms with E-state index in [2.05, 4.69) is 28.1 Å². The van der Waals surface area contributed by atoms with Crippen molar-refractivity contribution in [2.75, 3.05) is 7.11 Å². The smallest absolute Gasteiger partial charge is 0.124 e. The molecule has 0 spiro atoms. The Hall–Kier alpha value is -0.700. The molecule has 2 aromatic rings. The molecule has 0 amide bonds. The standard InChI is InChI=1S/C16H15BrCl2O/c1-9-6-11(7-10(2)16(9)20-3)15(19)13-5-4-12(18)8-14(13)17/h4-8,15H,1-3H3. The predicted molar refractivity (Wildman–Crippen MR) is 89.3 cm³/mol. The monoisotopic (exact) mass is 372 g/mol. The zero-order valence-electron chi connectivity index (χ0n) is 11.5. The number of rotatable bonds is 3. The molecule has 0 aliphatic heterocycles. The molecule has 0 bridgehead atoms. The van der Waals surface area contributed by atoms with Gasteiger partial charge in [-0.1, -0.05) is 45.7 Å². The first-order valence-corrected chi connectivity index (χ1v) is 7.79. The van der Waals surface area contributed by atoms with E-state index in [1.54, 1.807) is 7.11 Å². The van der Waals surface area contributed by atoms with Crippen LogP contribution in [-0.4, -0.2) is 7.11 Å². The Kier molecular flexibility index (Phi) is 5.00. The summed E-state index contributed by atoms with van der Waals surface area (Å²) < 4.78 is 6.30. The van der Waals surface area contributed by atoms with Crippen molar-refractivity contribution in [1.29, 1.82) is 0 Å². The van der Waals surface area contributed by atoms with Crippen molar-refractivity contribution < 1.29 is 4.74 Å². The van der Waals surface area contributed by atoms with Gasteiger partial charge in [-0.25, -0.2) is 0 Å². The van der Waals surface area contributed by atoms with Crippen LogP contribution < -0.4 is 4.74 Å². The molecule has 0 saturated heterocycles. The molecule has 106 valence electrons. The van der Waals surface area contributed by atoms with Crippen LogP contribution in [0.4, 0.5) is 0 Å². The molecule has 4 heteroatoms. The van der Waals surface area contributed by atoms with E-state index >= 15 is 0 Å². The van der Waals surface area contributed by atoms with Gasteiger partial charge in [0.05, 0.1) is 12.5 Å². The molecule has 2 rings (SSSR count). The second kappa shape index (κ2) is 6.38. The first-order valence-electron chi connectivity index (χ1n) is 6.18. The SMILES string of the molecule is COc1c(C)cc(C(Cl)c2ccc(Cl)cc2Br)cc1C. The Labute approximate surface area is 138 Å². The Balaban J connectivity index is 2.45. The zero-order valence-corrected chi connectivity index (χ0v) is 14.6. The third-order valence-electron chi connectivity index (χ3n) is 3.21. The van der Waals surface area contributed by atoms with Crippen LogP contribution in [0, 0.1) is 13.8 Å². The molecule has 0 saturated carbocycles. The Morgan fingerprint density at radius 2 is 1.70 bits per heavy atom. The van der Waals surface area contributed by atoms with Crippen LogP contribution in [0.25, 0.3) is 0 Å². The maximum atomic E-state index is 6.61. The fourth-order valence-electron chi connectivity index (χ4n) is 2.34. The molecule has 0 heterocycles. The Morgan fingerprint density at radius 1 is 1.10 bits per heavy atom. The average Bonchev–Trinajstić information content (AvgIpc) is 2.37. The second-order valence-electron chi connectivity index (χ2n) is 4.72. The molecule has 2 aromatic carbocycles. The minimum Gasteiger partial charge on any atom is -0.496 e. The number of hydrogen-bond donors (Lipinski definition) is 0. The average molecular weight is 374 g/mol. The van der Waals surface area contributed by atoms with E-state index in [1.165, 1.54) is 0 Å². The van der Waals surface area contributed by atoms with Gasteiger partial charge in [-0.2, -0.15) is 0 Å². The van der Waals surface area contributed by atoms with Gasteiger partial charge in [0.25, 0.3) is 0 Å². The van der Waals surface area contributed by atoms with E-state index in [0.29, 0.717) is 5.02 Å². The fourth-order valence-corrected chi connectivity index (χ4v) is 3.70. The maximum Gasteiger partial charge on any atom is 0.124 e. The number of aryl methyl sites for hydroxylation is 2. The molecular weight excluding hydrogens is 359 g/mol. The van der Waals surface area contributed by atoms with Crippen LogP contribution in [0.3, 0.4) is 0 Å². The highest BCUT2D eigenvalue weighted by Gasteiger charge is 2.16. The topological polar surface area (TPSA) is 9.23 Å². The summed E-state index contributed by atoms with van der Waals surface area (Å²) in [7, 11) is 1.68. The van der Waals surface area contributed by atoms with Gasteiger partial charge in [0.2, 0.25) is 0 Å². The van der Waals surface area contributed by atoms with Crippen LogP contribution in [0.2, 0.25) is 5.02 Å². The molecule has 1 nitrogen and oxygen atoms in total. The fraction of sp³-hybridized carbons (Fsp3) is 0.250.